The molecule has 1 heterocycles. The zero-order valence-electron chi connectivity index (χ0n) is 17.1. The number of alkyl carbamates (subject to hydrolysis) is 1. The number of H-pyrrole nitrogens is 1. The van der Waals surface area contributed by atoms with Gasteiger partial charge >= 0.3 is 11.8 Å². The molecule has 0 aliphatic carbocycles. The Morgan fingerprint density at radius 2 is 1.68 bits per heavy atom. The van der Waals surface area contributed by atoms with E-state index in [0.29, 0.717) is 13.0 Å². The third kappa shape index (κ3) is 8.08. The van der Waals surface area contributed by atoms with E-state index in [1.165, 1.54) is 10.8 Å². The van der Waals surface area contributed by atoms with Crippen molar-refractivity contribution in [3.05, 3.63) is 32.6 Å². The number of amides is 2. The van der Waals surface area contributed by atoms with Gasteiger partial charge in [0.2, 0.25) is 0 Å². The molecule has 2 amide bonds. The second-order valence-electron chi connectivity index (χ2n) is 6.57. The maximum Gasteiger partial charge on any atom is 0.414 e. The zero-order valence-corrected chi connectivity index (χ0v) is 17.1. The molecule has 0 spiro atoms. The van der Waals surface area contributed by atoms with Crippen LogP contribution in [-0.2, 0) is 11.3 Å². The summed E-state index contributed by atoms with van der Waals surface area (Å²) in [5.41, 5.74) is -1.72. The number of nitrogens with one attached hydrogen (secondary N) is 2. The quantitative estimate of drug-likeness (QED) is 0.556. The van der Waals surface area contributed by atoms with Crippen molar-refractivity contribution in [2.24, 2.45) is 0 Å². The molecule has 158 valence electrons. The number of nitrogens with zero attached hydrogens (tertiary/aromatic N) is 2. The average molecular weight is 396 g/mol. The molecule has 0 aliphatic heterocycles. The van der Waals surface area contributed by atoms with Crippen LogP contribution in [-0.4, -0.2) is 52.7 Å². The van der Waals surface area contributed by atoms with Crippen molar-refractivity contribution in [1.82, 2.24) is 19.8 Å². The third-order valence-corrected chi connectivity index (χ3v) is 4.28. The highest BCUT2D eigenvalue weighted by Crippen LogP contribution is 2.01. The SMILES string of the molecule is CCCCN(CCCC)CCCn1cc(C(=O)NC(=O)OCC)c(=O)[nH]c1=O. The fourth-order valence-electron chi connectivity index (χ4n) is 2.73. The summed E-state index contributed by atoms with van der Waals surface area (Å²) < 4.78 is 5.92. The number of hydrogen-bond donors (Lipinski definition) is 2. The van der Waals surface area contributed by atoms with Crippen LogP contribution in [0, 0.1) is 0 Å². The summed E-state index contributed by atoms with van der Waals surface area (Å²) in [6, 6.07) is 0. The van der Waals surface area contributed by atoms with Gasteiger partial charge in [-0.2, -0.15) is 0 Å². The van der Waals surface area contributed by atoms with Crippen molar-refractivity contribution in [2.45, 2.75) is 59.4 Å². The number of aryl methyl sites for hydroxylation is 1. The highest BCUT2D eigenvalue weighted by molar-refractivity contribution is 6.02. The van der Waals surface area contributed by atoms with E-state index >= 15 is 0 Å². The Balaban J connectivity index is 2.77. The Morgan fingerprint density at radius 1 is 1.07 bits per heavy atom. The summed E-state index contributed by atoms with van der Waals surface area (Å²) >= 11 is 0. The highest BCUT2D eigenvalue weighted by Gasteiger charge is 2.16. The maximum absolute atomic E-state index is 12.1. The summed E-state index contributed by atoms with van der Waals surface area (Å²) in [5, 5.41) is 1.96. The molecular formula is C19H32N4O5. The van der Waals surface area contributed by atoms with Crippen molar-refractivity contribution in [2.75, 3.05) is 26.2 Å². The topological polar surface area (TPSA) is 114 Å². The van der Waals surface area contributed by atoms with Gasteiger partial charge in [-0.3, -0.25) is 24.5 Å². The fourth-order valence-corrected chi connectivity index (χ4v) is 2.73. The smallest absolute Gasteiger partial charge is 0.414 e. The van der Waals surface area contributed by atoms with Crippen LogP contribution in [0.4, 0.5) is 4.79 Å². The molecule has 1 aromatic heterocycles. The second-order valence-corrected chi connectivity index (χ2v) is 6.57. The van der Waals surface area contributed by atoms with Crippen LogP contribution < -0.4 is 16.6 Å². The molecule has 0 bridgehead atoms. The first-order chi connectivity index (χ1) is 13.4. The number of carbonyl (C=O) groups excluding carboxylic acids is 2. The lowest BCUT2D eigenvalue weighted by atomic mass is 10.2. The number of carbonyl (C=O) groups is 2. The van der Waals surface area contributed by atoms with Gasteiger partial charge in [-0.05, 0) is 45.8 Å². The Morgan fingerprint density at radius 3 is 2.25 bits per heavy atom. The minimum absolute atomic E-state index is 0.0987. The Kier molecular flexibility index (Phi) is 10.9. The Labute approximate surface area is 165 Å². The molecule has 1 rings (SSSR count). The summed E-state index contributed by atoms with van der Waals surface area (Å²) in [4.78, 5) is 51.9. The Hall–Kier alpha value is -2.42. The minimum Gasteiger partial charge on any atom is -0.450 e. The minimum atomic E-state index is -0.938. The number of unbranched alkanes of at least 4 members (excludes halogenated alkanes) is 2. The van der Waals surface area contributed by atoms with Crippen LogP contribution in [0.5, 0.6) is 0 Å². The Bertz CT molecular complexity index is 733. The standard InChI is InChI=1S/C19H32N4O5/c1-4-7-10-22(11-8-5-2)12-9-13-23-14-15(16(24)20-18(23)26)17(25)21-19(27)28-6-3/h14H,4-13H2,1-3H3,(H,20,24,26)(H,21,25,27). The van der Waals surface area contributed by atoms with Crippen LogP contribution in [0.15, 0.2) is 15.8 Å². The summed E-state index contributed by atoms with van der Waals surface area (Å²) in [6.45, 7) is 9.23. The molecule has 28 heavy (non-hydrogen) atoms. The number of aromatic amines is 1. The number of ether oxygens (including phenoxy) is 1. The van der Waals surface area contributed by atoms with Gasteiger partial charge in [0, 0.05) is 12.7 Å². The van der Waals surface area contributed by atoms with Crippen LogP contribution in [0.3, 0.4) is 0 Å². The zero-order chi connectivity index (χ0) is 20.9. The predicted octanol–water partition coefficient (Wildman–Crippen LogP) is 1.72. The number of rotatable bonds is 12. The van der Waals surface area contributed by atoms with Crippen molar-refractivity contribution in [3.8, 4) is 0 Å². The lowest BCUT2D eigenvalue weighted by Gasteiger charge is -2.22. The third-order valence-electron chi connectivity index (χ3n) is 4.28. The van der Waals surface area contributed by atoms with Gasteiger partial charge in [-0.25, -0.2) is 9.59 Å². The van der Waals surface area contributed by atoms with E-state index in [0.717, 1.165) is 45.3 Å². The first-order valence-corrected chi connectivity index (χ1v) is 9.97. The lowest BCUT2D eigenvalue weighted by Crippen LogP contribution is -2.39. The van der Waals surface area contributed by atoms with Gasteiger partial charge in [0.15, 0.2) is 0 Å². The molecule has 0 radical (unpaired) electrons. The van der Waals surface area contributed by atoms with E-state index < -0.39 is 23.2 Å². The molecule has 0 atom stereocenters. The van der Waals surface area contributed by atoms with Crippen LogP contribution in [0.25, 0.3) is 0 Å². The van der Waals surface area contributed by atoms with E-state index in [1.54, 1.807) is 6.92 Å². The summed E-state index contributed by atoms with van der Waals surface area (Å²) in [7, 11) is 0. The average Bonchev–Trinajstić information content (AvgIpc) is 2.65. The number of imide groups is 1. The molecule has 0 unspecified atom stereocenters. The first-order valence-electron chi connectivity index (χ1n) is 9.97. The number of hydrogen-bond acceptors (Lipinski definition) is 6. The van der Waals surface area contributed by atoms with Gasteiger partial charge in [-0.1, -0.05) is 26.7 Å². The molecule has 0 fully saturated rings. The van der Waals surface area contributed by atoms with E-state index in [4.69, 9.17) is 0 Å². The van der Waals surface area contributed by atoms with Gasteiger partial charge in [-0.15, -0.1) is 0 Å². The van der Waals surface area contributed by atoms with Crippen molar-refractivity contribution in [3.63, 3.8) is 0 Å². The van der Waals surface area contributed by atoms with Gasteiger partial charge in [0.25, 0.3) is 11.5 Å². The highest BCUT2D eigenvalue weighted by atomic mass is 16.5. The molecule has 0 aliphatic rings. The lowest BCUT2D eigenvalue weighted by molar-refractivity contribution is 0.0922. The first kappa shape index (κ1) is 23.6. The van der Waals surface area contributed by atoms with Crippen molar-refractivity contribution >= 4 is 12.0 Å². The molecule has 9 heteroatoms. The predicted molar refractivity (Wildman–Crippen MR) is 107 cm³/mol. The molecule has 0 aromatic carbocycles. The van der Waals surface area contributed by atoms with Crippen LogP contribution >= 0.6 is 0 Å². The molecule has 1 aromatic rings. The second kappa shape index (κ2) is 12.9. The molecular weight excluding hydrogens is 364 g/mol. The normalized spacial score (nSPS) is 10.9. The monoisotopic (exact) mass is 396 g/mol. The van der Waals surface area contributed by atoms with E-state index in [9.17, 15) is 19.2 Å². The van der Waals surface area contributed by atoms with Crippen LogP contribution in [0.2, 0.25) is 0 Å². The van der Waals surface area contributed by atoms with Gasteiger partial charge < -0.3 is 9.64 Å². The largest absolute Gasteiger partial charge is 0.450 e. The van der Waals surface area contributed by atoms with Crippen molar-refractivity contribution < 1.29 is 14.3 Å². The summed E-state index contributed by atoms with van der Waals surface area (Å²) in [5.74, 6) is -0.902. The van der Waals surface area contributed by atoms with Gasteiger partial charge in [0.1, 0.15) is 5.56 Å². The molecule has 0 saturated heterocycles. The fraction of sp³-hybridized carbons (Fsp3) is 0.684. The van der Waals surface area contributed by atoms with E-state index in [1.807, 2.05) is 5.32 Å². The number of aromatic nitrogens is 2. The molecule has 9 nitrogen and oxygen atoms in total. The van der Waals surface area contributed by atoms with Crippen molar-refractivity contribution in [1.29, 1.82) is 0 Å². The maximum atomic E-state index is 12.1. The van der Waals surface area contributed by atoms with E-state index in [2.05, 4.69) is 28.5 Å². The summed E-state index contributed by atoms with van der Waals surface area (Å²) in [6.07, 6.45) is 5.46. The molecule has 2 N–H and O–H groups in total. The van der Waals surface area contributed by atoms with Crippen LogP contribution in [0.1, 0.15) is 63.2 Å². The van der Waals surface area contributed by atoms with E-state index in [-0.39, 0.29) is 12.2 Å². The van der Waals surface area contributed by atoms with Gasteiger partial charge in [0.05, 0.1) is 6.61 Å². The molecule has 0 saturated carbocycles.